The van der Waals surface area contributed by atoms with Crippen LogP contribution in [0, 0.1) is 6.92 Å². The first-order chi connectivity index (χ1) is 11.5. The molecule has 2 N–H and O–H groups in total. The van der Waals surface area contributed by atoms with Crippen molar-refractivity contribution in [1.82, 2.24) is 10.3 Å². The molecular weight excluding hydrogens is 324 g/mol. The predicted molar refractivity (Wildman–Crippen MR) is 96.3 cm³/mol. The normalized spacial score (nSPS) is 10.8. The molecule has 0 saturated carbocycles. The number of rotatable bonds is 4. The first kappa shape index (κ1) is 16.3. The maximum atomic E-state index is 12.1. The summed E-state index contributed by atoms with van der Waals surface area (Å²) in [5, 5.41) is 4.48. The lowest BCUT2D eigenvalue weighted by atomic mass is 10.1. The van der Waals surface area contributed by atoms with Crippen molar-refractivity contribution in [3.05, 3.63) is 80.6 Å². The third-order valence-corrected chi connectivity index (χ3v) is 4.07. The Morgan fingerprint density at radius 3 is 2.75 bits per heavy atom. The summed E-state index contributed by atoms with van der Waals surface area (Å²) in [6.07, 6.45) is 0.292. The fourth-order valence-corrected chi connectivity index (χ4v) is 2.78. The summed E-state index contributed by atoms with van der Waals surface area (Å²) < 4.78 is 0. The van der Waals surface area contributed by atoms with Gasteiger partial charge >= 0.3 is 0 Å². The van der Waals surface area contributed by atoms with E-state index in [1.165, 1.54) is 0 Å². The molecule has 1 amide bonds. The van der Waals surface area contributed by atoms with Crippen molar-refractivity contribution >= 4 is 28.4 Å². The fraction of sp³-hybridized carbons (Fsp3) is 0.158. The van der Waals surface area contributed by atoms with Crippen molar-refractivity contribution in [3.63, 3.8) is 0 Å². The second kappa shape index (κ2) is 6.89. The standard InChI is InChI=1S/C19H17ClN2O2/c1-12-7-15-8-14(5-6-17(15)22-19(12)24)11-21-18(23)10-13-3-2-4-16(20)9-13/h2-9H,10-11H2,1H3,(H,21,23)(H,22,24). The average Bonchev–Trinajstić information content (AvgIpc) is 2.54. The maximum absolute atomic E-state index is 12.1. The molecule has 0 radical (unpaired) electrons. The van der Waals surface area contributed by atoms with Crippen LogP contribution in [-0.4, -0.2) is 10.9 Å². The molecule has 2 aromatic carbocycles. The number of halogens is 1. The number of aromatic nitrogens is 1. The zero-order chi connectivity index (χ0) is 17.1. The monoisotopic (exact) mass is 340 g/mol. The fourth-order valence-electron chi connectivity index (χ4n) is 2.57. The summed E-state index contributed by atoms with van der Waals surface area (Å²) in [7, 11) is 0. The summed E-state index contributed by atoms with van der Waals surface area (Å²) in [6, 6.07) is 14.9. The van der Waals surface area contributed by atoms with Gasteiger partial charge in [-0.2, -0.15) is 0 Å². The van der Waals surface area contributed by atoms with E-state index in [9.17, 15) is 9.59 Å². The van der Waals surface area contributed by atoms with Crippen LogP contribution >= 0.6 is 11.6 Å². The second-order valence-corrected chi connectivity index (χ2v) is 6.22. The van der Waals surface area contributed by atoms with Gasteiger partial charge in [-0.15, -0.1) is 0 Å². The van der Waals surface area contributed by atoms with Gasteiger partial charge in [-0.1, -0.05) is 29.8 Å². The molecule has 0 atom stereocenters. The molecule has 0 bridgehead atoms. The molecule has 0 aliphatic rings. The van der Waals surface area contributed by atoms with Gasteiger partial charge in [0.2, 0.25) is 5.91 Å². The van der Waals surface area contributed by atoms with Gasteiger partial charge in [0, 0.05) is 22.6 Å². The summed E-state index contributed by atoms with van der Waals surface area (Å²) in [4.78, 5) is 26.5. The number of carbonyl (C=O) groups excluding carboxylic acids is 1. The van der Waals surface area contributed by atoms with Gasteiger partial charge in [-0.3, -0.25) is 9.59 Å². The Bertz CT molecular complexity index is 963. The SMILES string of the molecule is Cc1cc2cc(CNC(=O)Cc3cccc(Cl)c3)ccc2[nH]c1=O. The minimum Gasteiger partial charge on any atom is -0.352 e. The Morgan fingerprint density at radius 1 is 1.12 bits per heavy atom. The molecule has 0 aliphatic carbocycles. The molecule has 1 aromatic heterocycles. The van der Waals surface area contributed by atoms with E-state index in [1.807, 2.05) is 36.4 Å². The van der Waals surface area contributed by atoms with E-state index >= 15 is 0 Å². The van der Waals surface area contributed by atoms with E-state index in [0.717, 1.165) is 22.0 Å². The Hall–Kier alpha value is -2.59. The number of H-pyrrole nitrogens is 1. The molecule has 1 heterocycles. The minimum absolute atomic E-state index is 0.0602. The Balaban J connectivity index is 1.67. The number of pyridine rings is 1. The van der Waals surface area contributed by atoms with Gasteiger partial charge in [0.25, 0.3) is 5.56 Å². The van der Waals surface area contributed by atoms with E-state index in [2.05, 4.69) is 10.3 Å². The lowest BCUT2D eigenvalue weighted by Gasteiger charge is -2.07. The topological polar surface area (TPSA) is 62.0 Å². The Morgan fingerprint density at radius 2 is 1.96 bits per heavy atom. The smallest absolute Gasteiger partial charge is 0.251 e. The maximum Gasteiger partial charge on any atom is 0.251 e. The quantitative estimate of drug-likeness (QED) is 0.765. The Labute approximate surface area is 144 Å². The van der Waals surface area contributed by atoms with Crippen LogP contribution in [0.2, 0.25) is 5.02 Å². The zero-order valence-electron chi connectivity index (χ0n) is 13.2. The van der Waals surface area contributed by atoms with Crippen molar-refractivity contribution in [2.45, 2.75) is 19.9 Å². The number of amides is 1. The number of hydrogen-bond donors (Lipinski definition) is 2. The number of fused-ring (bicyclic) bond motifs is 1. The van der Waals surface area contributed by atoms with Gasteiger partial charge in [-0.05, 0) is 53.8 Å². The van der Waals surface area contributed by atoms with Crippen molar-refractivity contribution in [2.75, 3.05) is 0 Å². The highest BCUT2D eigenvalue weighted by Gasteiger charge is 2.05. The molecule has 3 aromatic rings. The number of aromatic amines is 1. The third kappa shape index (κ3) is 3.84. The molecule has 122 valence electrons. The molecule has 5 heteroatoms. The summed E-state index contributed by atoms with van der Waals surface area (Å²) in [5.41, 5.74) is 3.24. The van der Waals surface area contributed by atoms with Gasteiger partial charge in [0.1, 0.15) is 0 Å². The van der Waals surface area contributed by atoms with E-state index < -0.39 is 0 Å². The molecule has 0 aliphatic heterocycles. The third-order valence-electron chi connectivity index (χ3n) is 3.84. The molecule has 24 heavy (non-hydrogen) atoms. The van der Waals surface area contributed by atoms with E-state index in [1.54, 1.807) is 19.1 Å². The van der Waals surface area contributed by atoms with Gasteiger partial charge in [0.05, 0.1) is 6.42 Å². The van der Waals surface area contributed by atoms with Crippen molar-refractivity contribution < 1.29 is 4.79 Å². The predicted octanol–water partition coefficient (Wildman–Crippen LogP) is 3.35. The summed E-state index contributed by atoms with van der Waals surface area (Å²) in [5.74, 6) is -0.0602. The highest BCUT2D eigenvalue weighted by Crippen LogP contribution is 2.14. The second-order valence-electron chi connectivity index (χ2n) is 5.79. The van der Waals surface area contributed by atoms with Crippen LogP contribution in [0.4, 0.5) is 0 Å². The first-order valence-electron chi connectivity index (χ1n) is 7.65. The highest BCUT2D eigenvalue weighted by molar-refractivity contribution is 6.30. The van der Waals surface area contributed by atoms with Crippen molar-refractivity contribution in [1.29, 1.82) is 0 Å². The number of carbonyl (C=O) groups is 1. The molecular formula is C19H17ClN2O2. The minimum atomic E-state index is -0.0786. The van der Waals surface area contributed by atoms with E-state index in [0.29, 0.717) is 23.6 Å². The molecule has 3 rings (SSSR count). The molecule has 0 saturated heterocycles. The summed E-state index contributed by atoms with van der Waals surface area (Å²) >= 11 is 5.92. The van der Waals surface area contributed by atoms with Gasteiger partial charge < -0.3 is 10.3 Å². The van der Waals surface area contributed by atoms with E-state index in [4.69, 9.17) is 11.6 Å². The van der Waals surface area contributed by atoms with Gasteiger partial charge in [0.15, 0.2) is 0 Å². The molecule has 0 spiro atoms. The average molecular weight is 341 g/mol. The van der Waals surface area contributed by atoms with Gasteiger partial charge in [-0.25, -0.2) is 0 Å². The van der Waals surface area contributed by atoms with Crippen LogP contribution in [0.5, 0.6) is 0 Å². The van der Waals surface area contributed by atoms with Crippen molar-refractivity contribution in [3.8, 4) is 0 Å². The first-order valence-corrected chi connectivity index (χ1v) is 8.03. The molecule has 0 unspecified atom stereocenters. The number of hydrogen-bond acceptors (Lipinski definition) is 2. The van der Waals surface area contributed by atoms with Crippen LogP contribution < -0.4 is 10.9 Å². The Kier molecular flexibility index (Phi) is 4.67. The largest absolute Gasteiger partial charge is 0.352 e. The zero-order valence-corrected chi connectivity index (χ0v) is 14.0. The number of aryl methyl sites for hydroxylation is 1. The van der Waals surface area contributed by atoms with Crippen LogP contribution in [0.15, 0.2) is 53.3 Å². The lowest BCUT2D eigenvalue weighted by molar-refractivity contribution is -0.120. The van der Waals surface area contributed by atoms with Crippen LogP contribution in [0.3, 0.4) is 0 Å². The van der Waals surface area contributed by atoms with Crippen LogP contribution in [-0.2, 0) is 17.8 Å². The number of nitrogens with one attached hydrogen (secondary N) is 2. The number of benzene rings is 2. The lowest BCUT2D eigenvalue weighted by Crippen LogP contribution is -2.24. The molecule has 0 fully saturated rings. The van der Waals surface area contributed by atoms with Crippen molar-refractivity contribution in [2.24, 2.45) is 0 Å². The highest BCUT2D eigenvalue weighted by atomic mass is 35.5. The van der Waals surface area contributed by atoms with E-state index in [-0.39, 0.29) is 11.5 Å². The molecule has 4 nitrogen and oxygen atoms in total. The van der Waals surface area contributed by atoms with Crippen LogP contribution in [0.25, 0.3) is 10.9 Å². The summed E-state index contributed by atoms with van der Waals surface area (Å²) in [6.45, 7) is 2.21. The van der Waals surface area contributed by atoms with Crippen LogP contribution in [0.1, 0.15) is 16.7 Å².